The van der Waals surface area contributed by atoms with E-state index in [4.69, 9.17) is 0 Å². The van der Waals surface area contributed by atoms with Gasteiger partial charge in [0.1, 0.15) is 0 Å². The van der Waals surface area contributed by atoms with Gasteiger partial charge in [-0.15, -0.1) is 0 Å². The van der Waals surface area contributed by atoms with Gasteiger partial charge in [-0.3, -0.25) is 0 Å². The Morgan fingerprint density at radius 2 is 2.10 bits per heavy atom. The van der Waals surface area contributed by atoms with Gasteiger partial charge in [-0.1, -0.05) is 0 Å². The molecule has 0 N–H and O–H groups in total. The van der Waals surface area contributed by atoms with Gasteiger partial charge in [-0.25, -0.2) is 0 Å². The van der Waals surface area contributed by atoms with Gasteiger partial charge in [0.2, 0.25) is 0 Å². The Morgan fingerprint density at radius 1 is 1.40 bits per heavy atom. The van der Waals surface area contributed by atoms with E-state index >= 15 is 0 Å². The predicted molar refractivity (Wildman–Crippen MR) is 40.6 cm³/mol. The van der Waals surface area contributed by atoms with Crippen LogP contribution in [0.25, 0.3) is 5.32 Å². The maximum atomic E-state index is 4.12. The molecule has 10 heavy (non-hydrogen) atoms. The van der Waals surface area contributed by atoms with Crippen LogP contribution in [0, 0.1) is 0 Å². The van der Waals surface area contributed by atoms with E-state index in [9.17, 15) is 0 Å². The minimum absolute atomic E-state index is 1.08. The number of hydrogen-bond donors (Lipinski definition) is 0. The molecule has 0 aliphatic rings. The van der Waals surface area contributed by atoms with Crippen molar-refractivity contribution >= 4 is 10.1 Å². The van der Waals surface area contributed by atoms with Gasteiger partial charge in [-0.2, -0.15) is 0 Å². The first-order valence-corrected chi connectivity index (χ1v) is 4.72. The van der Waals surface area contributed by atoms with Gasteiger partial charge in [0.15, 0.2) is 0 Å². The summed E-state index contributed by atoms with van der Waals surface area (Å²) in [6.07, 6.45) is 0. The van der Waals surface area contributed by atoms with Crippen molar-refractivity contribution in [1.82, 2.24) is 0 Å². The molecule has 1 aromatic rings. The third kappa shape index (κ3) is 1.54. The van der Waals surface area contributed by atoms with Crippen molar-refractivity contribution < 1.29 is 19.4 Å². The number of nitrogens with zero attached hydrogens (tertiary/aromatic N) is 1. The van der Waals surface area contributed by atoms with E-state index in [0.717, 1.165) is 5.69 Å². The molecule has 0 radical (unpaired) electrons. The first-order valence-electron chi connectivity index (χ1n) is 3.02. The summed E-state index contributed by atoms with van der Waals surface area (Å²) in [5.41, 5.74) is 2.32. The fourth-order valence-electron chi connectivity index (χ4n) is 0.791. The van der Waals surface area contributed by atoms with Gasteiger partial charge >= 0.3 is 71.6 Å². The average Bonchev–Trinajstić information content (AvgIpc) is 2.04. The number of benzene rings is 1. The van der Waals surface area contributed by atoms with Crippen molar-refractivity contribution in [2.75, 3.05) is 7.05 Å². The van der Waals surface area contributed by atoms with Crippen LogP contribution in [0.3, 0.4) is 0 Å². The summed E-state index contributed by atoms with van der Waals surface area (Å²) in [5.74, 6) is 0. The molecule has 0 bridgehead atoms. The normalized spacial score (nSPS) is 8.90. The Kier molecular flexibility index (Phi) is 2.82. The van der Waals surface area contributed by atoms with Gasteiger partial charge < -0.3 is 0 Å². The molecule has 0 aliphatic heterocycles. The Hall–Kier alpha value is -0.422. The summed E-state index contributed by atoms with van der Waals surface area (Å²) in [6, 6.07) is 8.14. The standard InChI is InChI=1S/C8H8N.W/c1-7-5-3-4-6-8(7)9-2;/h1,3-6H,2H3;/q-1;. The minimum atomic E-state index is 1.08. The van der Waals surface area contributed by atoms with Crippen LogP contribution in [-0.4, -0.2) is 11.4 Å². The van der Waals surface area contributed by atoms with Crippen molar-refractivity contribution in [2.24, 2.45) is 0 Å². The van der Waals surface area contributed by atoms with Crippen molar-refractivity contribution in [3.05, 3.63) is 35.1 Å². The molecule has 0 atom stereocenters. The molecule has 0 aromatic heterocycles. The fraction of sp³-hybridized carbons (Fsp3) is 0.125. The summed E-state index contributed by atoms with van der Waals surface area (Å²) in [4.78, 5) is 0. The van der Waals surface area contributed by atoms with Crippen molar-refractivity contribution in [3.8, 4) is 0 Å². The molecule has 2 heteroatoms. The maximum absolute atomic E-state index is 4.12. The molecule has 0 aliphatic carbocycles. The third-order valence-corrected chi connectivity index (χ3v) is 2.22. The van der Waals surface area contributed by atoms with E-state index in [2.05, 4.69) is 15.8 Å². The Labute approximate surface area is 71.9 Å². The molecule has 52 valence electrons. The summed E-state index contributed by atoms with van der Waals surface area (Å²) < 4.78 is 2.14. The van der Waals surface area contributed by atoms with Gasteiger partial charge in [-0.05, 0) is 0 Å². The van der Waals surface area contributed by atoms with E-state index in [1.54, 1.807) is 0 Å². The number of rotatable bonds is 2. The van der Waals surface area contributed by atoms with Crippen LogP contribution >= 0.6 is 0 Å². The number of para-hydroxylation sites is 1. The van der Waals surface area contributed by atoms with E-state index in [0.29, 0.717) is 0 Å². The second-order valence-electron chi connectivity index (χ2n) is 1.90. The molecule has 0 saturated heterocycles. The van der Waals surface area contributed by atoms with E-state index in [-0.39, 0.29) is 0 Å². The van der Waals surface area contributed by atoms with Crippen molar-refractivity contribution in [1.29, 1.82) is 0 Å². The van der Waals surface area contributed by atoms with Crippen molar-refractivity contribution in [3.63, 3.8) is 0 Å². The number of hydrogen-bond acceptors (Lipinski definition) is 0. The van der Waals surface area contributed by atoms with Crippen LogP contribution in [-0.2, 0) is 19.4 Å². The fourth-order valence-corrected chi connectivity index (χ4v) is 1.51. The second-order valence-corrected chi connectivity index (χ2v) is 2.75. The Bertz CT molecular complexity index is 232. The zero-order valence-electron chi connectivity index (χ0n) is 5.74. The molecule has 1 nitrogen and oxygen atoms in total. The summed E-state index contributed by atoms with van der Waals surface area (Å²) in [5, 5.41) is 4.12. The average molecular weight is 302 g/mol. The van der Waals surface area contributed by atoms with E-state index in [1.165, 1.54) is 24.9 Å². The molecule has 0 heterocycles. The Morgan fingerprint density at radius 3 is 2.60 bits per heavy atom. The quantitative estimate of drug-likeness (QED) is 0.793. The molecular weight excluding hydrogens is 294 g/mol. The molecule has 1 rings (SSSR count). The van der Waals surface area contributed by atoms with E-state index in [1.807, 2.05) is 25.2 Å². The molecule has 0 amide bonds. The van der Waals surface area contributed by atoms with Gasteiger partial charge in [0, 0.05) is 0 Å². The molecule has 0 unspecified atom stereocenters. The SMILES string of the molecule is C[N-]c1ccccc1[CH]=[W]. The van der Waals surface area contributed by atoms with Crippen LogP contribution in [0.2, 0.25) is 0 Å². The van der Waals surface area contributed by atoms with Crippen molar-refractivity contribution in [2.45, 2.75) is 0 Å². The first kappa shape index (κ1) is 7.68. The van der Waals surface area contributed by atoms with Gasteiger partial charge in [0.25, 0.3) is 0 Å². The molecule has 0 fully saturated rings. The van der Waals surface area contributed by atoms with Crippen LogP contribution in [0.5, 0.6) is 0 Å². The zero-order chi connectivity index (χ0) is 7.40. The van der Waals surface area contributed by atoms with Crippen LogP contribution in [0.15, 0.2) is 24.3 Å². The van der Waals surface area contributed by atoms with Crippen LogP contribution in [0.4, 0.5) is 5.69 Å². The molecule has 1 aromatic carbocycles. The molecule has 0 spiro atoms. The Balaban J connectivity index is 3.08. The second kappa shape index (κ2) is 3.67. The summed E-state index contributed by atoms with van der Waals surface area (Å²) in [7, 11) is 1.82. The summed E-state index contributed by atoms with van der Waals surface area (Å²) >= 11 is 1.46. The van der Waals surface area contributed by atoms with Crippen LogP contribution < -0.4 is 0 Å². The van der Waals surface area contributed by atoms with E-state index < -0.39 is 0 Å². The zero-order valence-corrected chi connectivity index (χ0v) is 8.68. The first-order chi connectivity index (χ1) is 4.88. The predicted octanol–water partition coefficient (Wildman–Crippen LogP) is 2.02. The van der Waals surface area contributed by atoms with Gasteiger partial charge in [0.05, 0.1) is 0 Å². The summed E-state index contributed by atoms with van der Waals surface area (Å²) in [6.45, 7) is 0. The molecular formula is C8H8NW-. The molecule has 0 saturated carbocycles. The third-order valence-electron chi connectivity index (χ3n) is 1.30. The monoisotopic (exact) mass is 302 g/mol. The topological polar surface area (TPSA) is 14.1 Å². The van der Waals surface area contributed by atoms with Crippen LogP contribution in [0.1, 0.15) is 5.56 Å².